The van der Waals surface area contributed by atoms with Gasteiger partial charge in [-0.25, -0.2) is 8.42 Å². The summed E-state index contributed by atoms with van der Waals surface area (Å²) in [5.41, 5.74) is 0.958. The van der Waals surface area contributed by atoms with E-state index < -0.39 is 10.0 Å². The zero-order chi connectivity index (χ0) is 19.3. The molecule has 27 heavy (non-hydrogen) atoms. The molecule has 1 N–H and O–H groups in total. The van der Waals surface area contributed by atoms with E-state index in [0.717, 1.165) is 11.3 Å². The van der Waals surface area contributed by atoms with E-state index in [2.05, 4.69) is 10.3 Å². The third-order valence-corrected chi connectivity index (χ3v) is 6.50. The number of pyridine rings is 1. The molecule has 1 saturated heterocycles. The first kappa shape index (κ1) is 19.3. The first-order chi connectivity index (χ1) is 13.0. The molecule has 8 heteroatoms. The molecule has 0 saturated carbocycles. The number of ether oxygens (including phenoxy) is 1. The summed E-state index contributed by atoms with van der Waals surface area (Å²) in [4.78, 5) is 16.6. The van der Waals surface area contributed by atoms with Crippen LogP contribution in [0, 0.1) is 5.92 Å². The fourth-order valence-corrected chi connectivity index (χ4v) is 4.59. The third kappa shape index (κ3) is 4.64. The van der Waals surface area contributed by atoms with Gasteiger partial charge in [-0.15, -0.1) is 0 Å². The molecule has 1 aromatic heterocycles. The number of methoxy groups -OCH3 is 1. The summed E-state index contributed by atoms with van der Waals surface area (Å²) in [5, 5.41) is 2.90. The van der Waals surface area contributed by atoms with Crippen molar-refractivity contribution in [1.82, 2.24) is 14.6 Å². The number of amides is 1. The van der Waals surface area contributed by atoms with Gasteiger partial charge in [0.15, 0.2) is 0 Å². The van der Waals surface area contributed by atoms with Crippen LogP contribution in [-0.4, -0.2) is 43.8 Å². The highest BCUT2D eigenvalue weighted by Crippen LogP contribution is 2.23. The third-order valence-electron chi connectivity index (χ3n) is 4.65. The smallest absolute Gasteiger partial charge is 0.244 e. The van der Waals surface area contributed by atoms with Crippen LogP contribution >= 0.6 is 0 Å². The standard InChI is InChI=1S/C19H23N3O4S/c1-26-17-8-6-15(7-9-17)12-21-19(23)16-4-3-11-22(14-16)27(24,25)18-5-2-10-20-13-18/h2,5-10,13,16H,3-4,11-12,14H2,1H3,(H,21,23)/t16-/m0/s1. The van der Waals surface area contributed by atoms with Crippen molar-refractivity contribution >= 4 is 15.9 Å². The Morgan fingerprint density at radius 1 is 1.30 bits per heavy atom. The van der Waals surface area contributed by atoms with Crippen molar-refractivity contribution in [3.05, 3.63) is 54.4 Å². The zero-order valence-electron chi connectivity index (χ0n) is 15.2. The number of rotatable bonds is 6. The minimum absolute atomic E-state index is 0.128. The van der Waals surface area contributed by atoms with Crippen LogP contribution in [0.2, 0.25) is 0 Å². The lowest BCUT2D eigenvalue weighted by molar-refractivity contribution is -0.126. The van der Waals surface area contributed by atoms with Gasteiger partial charge in [0.05, 0.1) is 13.0 Å². The number of nitrogens with one attached hydrogen (secondary N) is 1. The minimum Gasteiger partial charge on any atom is -0.497 e. The van der Waals surface area contributed by atoms with Crippen LogP contribution in [0.5, 0.6) is 5.75 Å². The largest absolute Gasteiger partial charge is 0.497 e. The number of nitrogens with zero attached hydrogens (tertiary/aromatic N) is 2. The Morgan fingerprint density at radius 3 is 2.74 bits per heavy atom. The van der Waals surface area contributed by atoms with E-state index in [1.807, 2.05) is 24.3 Å². The summed E-state index contributed by atoms with van der Waals surface area (Å²) in [6.45, 7) is 1.000. The second kappa shape index (κ2) is 8.49. The summed E-state index contributed by atoms with van der Waals surface area (Å²) in [5.74, 6) is 0.272. The molecular formula is C19H23N3O4S. The monoisotopic (exact) mass is 389 g/mol. The molecule has 0 bridgehead atoms. The molecule has 1 aliphatic rings. The lowest BCUT2D eigenvalue weighted by Gasteiger charge is -2.31. The number of benzene rings is 1. The second-order valence-electron chi connectivity index (χ2n) is 6.46. The second-order valence-corrected chi connectivity index (χ2v) is 8.39. The van der Waals surface area contributed by atoms with E-state index in [9.17, 15) is 13.2 Å². The molecule has 7 nitrogen and oxygen atoms in total. The summed E-state index contributed by atoms with van der Waals surface area (Å²) >= 11 is 0. The summed E-state index contributed by atoms with van der Waals surface area (Å²) in [7, 11) is -2.02. The molecular weight excluding hydrogens is 366 g/mol. The summed E-state index contributed by atoms with van der Waals surface area (Å²) < 4.78 is 32.0. The van der Waals surface area contributed by atoms with Crippen LogP contribution in [0.1, 0.15) is 18.4 Å². The molecule has 1 aromatic carbocycles. The van der Waals surface area contributed by atoms with Crippen LogP contribution in [0.4, 0.5) is 0 Å². The molecule has 0 radical (unpaired) electrons. The van der Waals surface area contributed by atoms with Gasteiger partial charge in [0.25, 0.3) is 0 Å². The van der Waals surface area contributed by atoms with Gasteiger partial charge >= 0.3 is 0 Å². The predicted molar refractivity (Wildman–Crippen MR) is 101 cm³/mol. The van der Waals surface area contributed by atoms with Gasteiger partial charge < -0.3 is 10.1 Å². The Bertz CT molecular complexity index is 870. The van der Waals surface area contributed by atoms with E-state index in [-0.39, 0.29) is 23.3 Å². The fraction of sp³-hybridized carbons (Fsp3) is 0.368. The van der Waals surface area contributed by atoms with Crippen molar-refractivity contribution in [2.75, 3.05) is 20.2 Å². The molecule has 1 fully saturated rings. The fourth-order valence-electron chi connectivity index (χ4n) is 3.10. The Morgan fingerprint density at radius 2 is 2.07 bits per heavy atom. The number of carbonyl (C=O) groups is 1. The number of hydrogen-bond acceptors (Lipinski definition) is 5. The van der Waals surface area contributed by atoms with Crippen LogP contribution in [-0.2, 0) is 21.4 Å². The number of aromatic nitrogens is 1. The minimum atomic E-state index is -3.63. The van der Waals surface area contributed by atoms with Gasteiger partial charge in [0.2, 0.25) is 15.9 Å². The van der Waals surface area contributed by atoms with Crippen molar-refractivity contribution in [2.24, 2.45) is 5.92 Å². The van der Waals surface area contributed by atoms with Crippen LogP contribution < -0.4 is 10.1 Å². The highest BCUT2D eigenvalue weighted by atomic mass is 32.2. The first-order valence-corrected chi connectivity index (χ1v) is 10.3. The SMILES string of the molecule is COc1ccc(CNC(=O)[C@H]2CCCN(S(=O)(=O)c3cccnc3)C2)cc1. The highest BCUT2D eigenvalue weighted by Gasteiger charge is 2.33. The molecule has 0 spiro atoms. The number of carbonyl (C=O) groups excluding carboxylic acids is 1. The van der Waals surface area contributed by atoms with Crippen molar-refractivity contribution in [3.8, 4) is 5.75 Å². The van der Waals surface area contributed by atoms with E-state index in [4.69, 9.17) is 4.74 Å². The molecule has 0 aliphatic carbocycles. The topological polar surface area (TPSA) is 88.6 Å². The van der Waals surface area contributed by atoms with E-state index >= 15 is 0 Å². The van der Waals surface area contributed by atoms with Gasteiger partial charge in [-0.1, -0.05) is 12.1 Å². The Labute approximate surface area is 159 Å². The van der Waals surface area contributed by atoms with E-state index in [1.54, 1.807) is 13.2 Å². The predicted octanol–water partition coefficient (Wildman–Crippen LogP) is 1.81. The normalized spacial score (nSPS) is 18.0. The van der Waals surface area contributed by atoms with Crippen LogP contribution in [0.15, 0.2) is 53.7 Å². The average molecular weight is 389 g/mol. The highest BCUT2D eigenvalue weighted by molar-refractivity contribution is 7.89. The van der Waals surface area contributed by atoms with Gasteiger partial charge in [-0.2, -0.15) is 4.31 Å². The summed E-state index contributed by atoms with van der Waals surface area (Å²) in [6.07, 6.45) is 4.20. The Hall–Kier alpha value is -2.45. The Kier molecular flexibility index (Phi) is 6.08. The molecule has 144 valence electrons. The van der Waals surface area contributed by atoms with Crippen LogP contribution in [0.3, 0.4) is 0 Å². The molecule has 3 rings (SSSR count). The number of piperidine rings is 1. The van der Waals surface area contributed by atoms with Crippen LogP contribution in [0.25, 0.3) is 0 Å². The van der Waals surface area contributed by atoms with Gasteiger partial charge in [-0.05, 0) is 42.7 Å². The molecule has 1 amide bonds. The zero-order valence-corrected chi connectivity index (χ0v) is 16.0. The lowest BCUT2D eigenvalue weighted by Crippen LogP contribution is -2.45. The van der Waals surface area contributed by atoms with Gasteiger partial charge in [-0.3, -0.25) is 9.78 Å². The van der Waals surface area contributed by atoms with Crippen molar-refractivity contribution in [2.45, 2.75) is 24.3 Å². The number of hydrogen-bond donors (Lipinski definition) is 1. The number of sulfonamides is 1. The molecule has 2 aromatic rings. The van der Waals surface area contributed by atoms with Gasteiger partial charge in [0.1, 0.15) is 10.6 Å². The van der Waals surface area contributed by atoms with Crippen molar-refractivity contribution in [1.29, 1.82) is 0 Å². The van der Waals surface area contributed by atoms with Crippen molar-refractivity contribution in [3.63, 3.8) is 0 Å². The van der Waals surface area contributed by atoms with E-state index in [0.29, 0.717) is 25.9 Å². The maximum Gasteiger partial charge on any atom is 0.244 e. The summed E-state index contributed by atoms with van der Waals surface area (Å²) in [6, 6.07) is 10.6. The lowest BCUT2D eigenvalue weighted by atomic mass is 9.99. The quantitative estimate of drug-likeness (QED) is 0.814. The molecule has 0 unspecified atom stereocenters. The Balaban J connectivity index is 1.60. The maximum atomic E-state index is 12.7. The first-order valence-electron chi connectivity index (χ1n) is 8.81. The maximum absolute atomic E-state index is 12.7. The molecule has 1 atom stereocenters. The average Bonchev–Trinajstić information content (AvgIpc) is 2.73. The molecule has 2 heterocycles. The van der Waals surface area contributed by atoms with Crippen molar-refractivity contribution < 1.29 is 17.9 Å². The van der Waals surface area contributed by atoms with Gasteiger partial charge in [0, 0.05) is 32.0 Å². The molecule has 1 aliphatic heterocycles. The van der Waals surface area contributed by atoms with E-state index in [1.165, 1.54) is 22.8 Å².